The number of hydrogen-bond acceptors (Lipinski definition) is 4. The minimum atomic E-state index is -0.909. The highest BCUT2D eigenvalue weighted by molar-refractivity contribution is 7.17. The molecule has 1 heterocycles. The predicted molar refractivity (Wildman–Crippen MR) is 113 cm³/mol. The molecule has 0 saturated carbocycles. The summed E-state index contributed by atoms with van der Waals surface area (Å²) in [5.74, 6) is -0.253. The first-order chi connectivity index (χ1) is 13.6. The van der Waals surface area contributed by atoms with Gasteiger partial charge in [-0.1, -0.05) is 26.2 Å². The molecule has 0 fully saturated rings. The van der Waals surface area contributed by atoms with Gasteiger partial charge in [-0.15, -0.1) is 11.3 Å². The molecular formula is C23H24O4S. The molecule has 0 aliphatic carbocycles. The zero-order valence-corrected chi connectivity index (χ0v) is 16.8. The van der Waals surface area contributed by atoms with Crippen LogP contribution >= 0.6 is 11.3 Å². The van der Waals surface area contributed by atoms with Crippen molar-refractivity contribution >= 4 is 33.2 Å². The SMILES string of the molecule is CCCCCCOc1ccc(C(=O)c2cc(CC(=O)O)cc3ccsc23)cc1. The van der Waals surface area contributed by atoms with Crippen LogP contribution < -0.4 is 4.74 Å². The fourth-order valence-corrected chi connectivity index (χ4v) is 4.06. The van der Waals surface area contributed by atoms with E-state index in [1.165, 1.54) is 24.2 Å². The number of carbonyl (C=O) groups is 2. The first-order valence-corrected chi connectivity index (χ1v) is 10.5. The molecule has 0 saturated heterocycles. The average molecular weight is 397 g/mol. The molecule has 1 N–H and O–H groups in total. The Bertz CT molecular complexity index is 956. The van der Waals surface area contributed by atoms with E-state index in [4.69, 9.17) is 9.84 Å². The third-order valence-corrected chi connectivity index (χ3v) is 5.56. The number of rotatable bonds is 10. The van der Waals surface area contributed by atoms with Crippen molar-refractivity contribution in [3.63, 3.8) is 0 Å². The van der Waals surface area contributed by atoms with Crippen molar-refractivity contribution in [1.82, 2.24) is 0 Å². The Labute approximate surface area is 168 Å². The largest absolute Gasteiger partial charge is 0.494 e. The van der Waals surface area contributed by atoms with Gasteiger partial charge < -0.3 is 9.84 Å². The number of carboxylic acid groups (broad SMARTS) is 1. The first-order valence-electron chi connectivity index (χ1n) is 9.58. The molecule has 28 heavy (non-hydrogen) atoms. The van der Waals surface area contributed by atoms with E-state index in [1.54, 1.807) is 18.2 Å². The van der Waals surface area contributed by atoms with Crippen LogP contribution in [0.5, 0.6) is 5.75 Å². The van der Waals surface area contributed by atoms with Gasteiger partial charge in [0, 0.05) is 15.8 Å². The van der Waals surface area contributed by atoms with Crippen molar-refractivity contribution in [2.75, 3.05) is 6.61 Å². The molecule has 3 rings (SSSR count). The van der Waals surface area contributed by atoms with Gasteiger partial charge in [0.2, 0.25) is 0 Å². The topological polar surface area (TPSA) is 63.6 Å². The summed E-state index contributed by atoms with van der Waals surface area (Å²) in [6.45, 7) is 2.86. The van der Waals surface area contributed by atoms with Gasteiger partial charge >= 0.3 is 5.97 Å². The number of carbonyl (C=O) groups excluding carboxylic acids is 1. The second-order valence-corrected chi connectivity index (χ2v) is 7.73. The van der Waals surface area contributed by atoms with Gasteiger partial charge in [0.25, 0.3) is 0 Å². The van der Waals surface area contributed by atoms with Crippen LogP contribution in [-0.2, 0) is 11.2 Å². The highest BCUT2D eigenvalue weighted by atomic mass is 32.1. The Morgan fingerprint density at radius 3 is 2.54 bits per heavy atom. The molecule has 2 aromatic carbocycles. The summed E-state index contributed by atoms with van der Waals surface area (Å²) in [4.78, 5) is 24.1. The standard InChI is InChI=1S/C23H24O4S/c1-2-3-4-5-11-27-19-8-6-17(7-9-19)22(26)20-14-16(15-21(24)25)13-18-10-12-28-23(18)20/h6-10,12-14H,2-5,11,15H2,1H3,(H,24,25). The summed E-state index contributed by atoms with van der Waals surface area (Å²) in [6.07, 6.45) is 4.51. The van der Waals surface area contributed by atoms with Gasteiger partial charge in [-0.3, -0.25) is 9.59 Å². The lowest BCUT2D eigenvalue weighted by Gasteiger charge is -2.08. The van der Waals surface area contributed by atoms with Gasteiger partial charge in [0.1, 0.15) is 5.75 Å². The molecule has 0 unspecified atom stereocenters. The summed E-state index contributed by atoms with van der Waals surface area (Å²) in [6, 6.07) is 12.6. The molecule has 0 aliphatic heterocycles. The van der Waals surface area contributed by atoms with Crippen molar-refractivity contribution in [3.05, 3.63) is 64.5 Å². The monoisotopic (exact) mass is 396 g/mol. The molecule has 0 spiro atoms. The fraction of sp³-hybridized carbons (Fsp3) is 0.304. The zero-order chi connectivity index (χ0) is 19.9. The molecule has 3 aromatic rings. The van der Waals surface area contributed by atoms with E-state index in [9.17, 15) is 9.59 Å². The lowest BCUT2D eigenvalue weighted by Crippen LogP contribution is -2.05. The summed E-state index contributed by atoms with van der Waals surface area (Å²) < 4.78 is 6.62. The van der Waals surface area contributed by atoms with Crippen molar-refractivity contribution in [2.24, 2.45) is 0 Å². The summed E-state index contributed by atoms with van der Waals surface area (Å²) in [7, 11) is 0. The van der Waals surface area contributed by atoms with Crippen molar-refractivity contribution < 1.29 is 19.4 Å². The quantitative estimate of drug-likeness (QED) is 0.352. The maximum Gasteiger partial charge on any atom is 0.307 e. The first kappa shape index (κ1) is 20.1. The lowest BCUT2D eigenvalue weighted by atomic mass is 9.98. The Balaban J connectivity index is 1.76. The second kappa shape index (κ2) is 9.51. The maximum absolute atomic E-state index is 13.1. The van der Waals surface area contributed by atoms with E-state index in [1.807, 2.05) is 29.6 Å². The number of benzene rings is 2. The van der Waals surface area contributed by atoms with Crippen molar-refractivity contribution in [1.29, 1.82) is 0 Å². The Hall–Kier alpha value is -2.66. The Morgan fingerprint density at radius 2 is 1.82 bits per heavy atom. The number of carboxylic acids is 1. The van der Waals surface area contributed by atoms with Crippen LogP contribution in [-0.4, -0.2) is 23.5 Å². The van der Waals surface area contributed by atoms with Crippen molar-refractivity contribution in [3.8, 4) is 5.75 Å². The van der Waals surface area contributed by atoms with Crippen molar-refractivity contribution in [2.45, 2.75) is 39.0 Å². The number of aliphatic carboxylic acids is 1. The van der Waals surface area contributed by atoms with Gasteiger partial charge in [-0.25, -0.2) is 0 Å². The van der Waals surface area contributed by atoms with Gasteiger partial charge in [0.05, 0.1) is 13.0 Å². The third-order valence-electron chi connectivity index (χ3n) is 4.59. The van der Waals surface area contributed by atoms with E-state index in [0.29, 0.717) is 23.3 Å². The number of fused-ring (bicyclic) bond motifs is 1. The molecule has 0 bridgehead atoms. The number of ketones is 1. The summed E-state index contributed by atoms with van der Waals surface area (Å²) >= 11 is 1.49. The second-order valence-electron chi connectivity index (χ2n) is 6.82. The van der Waals surface area contributed by atoms with Crippen LogP contribution in [0.1, 0.15) is 54.1 Å². The fourth-order valence-electron chi connectivity index (χ4n) is 3.17. The molecule has 1 aromatic heterocycles. The molecule has 0 amide bonds. The molecule has 5 heteroatoms. The Kier molecular flexibility index (Phi) is 6.82. The van der Waals surface area contributed by atoms with Crippen LogP contribution in [0.4, 0.5) is 0 Å². The molecule has 0 aliphatic rings. The van der Waals surface area contributed by atoms with Crippen LogP contribution in [0.25, 0.3) is 10.1 Å². The highest BCUT2D eigenvalue weighted by Gasteiger charge is 2.16. The highest BCUT2D eigenvalue weighted by Crippen LogP contribution is 2.29. The molecule has 0 radical (unpaired) electrons. The van der Waals surface area contributed by atoms with E-state index in [2.05, 4.69) is 6.92 Å². The number of unbranched alkanes of at least 4 members (excludes halogenated alkanes) is 3. The Morgan fingerprint density at radius 1 is 1.04 bits per heavy atom. The number of thiophene rings is 1. The molecule has 4 nitrogen and oxygen atoms in total. The van der Waals surface area contributed by atoms with Gasteiger partial charge in [-0.2, -0.15) is 0 Å². The number of hydrogen-bond donors (Lipinski definition) is 1. The van der Waals surface area contributed by atoms with Crippen LogP contribution in [0.15, 0.2) is 47.8 Å². The van der Waals surface area contributed by atoms with E-state index in [0.717, 1.165) is 28.7 Å². The number of ether oxygens (including phenoxy) is 1. The van der Waals surface area contributed by atoms with E-state index in [-0.39, 0.29) is 12.2 Å². The smallest absolute Gasteiger partial charge is 0.307 e. The minimum absolute atomic E-state index is 0.100. The van der Waals surface area contributed by atoms with Crippen LogP contribution in [0.3, 0.4) is 0 Å². The predicted octanol–water partition coefficient (Wildman–Crippen LogP) is 5.72. The van der Waals surface area contributed by atoms with E-state index >= 15 is 0 Å². The average Bonchev–Trinajstić information content (AvgIpc) is 3.15. The summed E-state index contributed by atoms with van der Waals surface area (Å²) in [5, 5.41) is 11.9. The molecule has 0 atom stereocenters. The molecule has 146 valence electrons. The maximum atomic E-state index is 13.1. The minimum Gasteiger partial charge on any atom is -0.494 e. The third kappa shape index (κ3) is 4.98. The summed E-state index contributed by atoms with van der Waals surface area (Å²) in [5.41, 5.74) is 1.76. The van der Waals surface area contributed by atoms with Crippen LogP contribution in [0.2, 0.25) is 0 Å². The van der Waals surface area contributed by atoms with Crippen LogP contribution in [0, 0.1) is 0 Å². The van der Waals surface area contributed by atoms with Gasteiger partial charge in [-0.05, 0) is 65.2 Å². The molecular weight excluding hydrogens is 372 g/mol. The van der Waals surface area contributed by atoms with Gasteiger partial charge in [0.15, 0.2) is 5.78 Å². The normalized spacial score (nSPS) is 10.9. The van der Waals surface area contributed by atoms with E-state index < -0.39 is 5.97 Å². The lowest BCUT2D eigenvalue weighted by molar-refractivity contribution is -0.136. The zero-order valence-electron chi connectivity index (χ0n) is 15.9.